The number of alkyl halides is 6. The van der Waals surface area contributed by atoms with E-state index in [1.165, 1.54) is 26.3 Å². The molecule has 2 aromatic rings. The fourth-order valence-corrected chi connectivity index (χ4v) is 9.35. The van der Waals surface area contributed by atoms with Crippen LogP contribution in [-0.4, -0.2) is 73.0 Å². The summed E-state index contributed by atoms with van der Waals surface area (Å²) in [7, 11) is 2.51. The molecule has 4 amide bonds. The van der Waals surface area contributed by atoms with Crippen molar-refractivity contribution in [3.8, 4) is 11.5 Å². The third kappa shape index (κ3) is 4.73. The van der Waals surface area contributed by atoms with Crippen molar-refractivity contribution in [2.75, 3.05) is 24.6 Å². The number of rotatable bonds is 5. The average molecular weight is 846 g/mol. The predicted molar refractivity (Wildman–Crippen MR) is 170 cm³/mol. The minimum atomic E-state index is -4.83. The first-order chi connectivity index (χ1) is 21.9. The van der Waals surface area contributed by atoms with Crippen LogP contribution in [0.15, 0.2) is 40.4 Å². The van der Waals surface area contributed by atoms with Crippen molar-refractivity contribution in [3.63, 3.8) is 0 Å². The van der Waals surface area contributed by atoms with Gasteiger partial charge in [0.25, 0.3) is 23.6 Å². The van der Waals surface area contributed by atoms with Crippen LogP contribution < -0.4 is 9.75 Å². The van der Waals surface area contributed by atoms with Crippen LogP contribution >= 0.6 is 66.7 Å². The van der Waals surface area contributed by atoms with Crippen LogP contribution in [0.3, 0.4) is 0 Å². The topological polar surface area (TPSA) is 120 Å². The molecule has 1 N–H and O–H groups in total. The summed E-state index contributed by atoms with van der Waals surface area (Å²) in [5, 5.41) is 11.9. The minimum absolute atomic E-state index is 0.00535. The molecule has 3 fully saturated rings. The van der Waals surface area contributed by atoms with Crippen LogP contribution in [0, 0.1) is 17.8 Å². The number of anilines is 1. The fraction of sp³-hybridized carbons (Fsp3) is 0.414. The van der Waals surface area contributed by atoms with E-state index in [0.29, 0.717) is 22.2 Å². The van der Waals surface area contributed by atoms with Crippen molar-refractivity contribution in [2.24, 2.45) is 17.8 Å². The van der Waals surface area contributed by atoms with Gasteiger partial charge in [0, 0.05) is 13.0 Å². The number of imide groups is 2. The summed E-state index contributed by atoms with van der Waals surface area (Å²) in [6.07, 6.45) is -3.46. The Morgan fingerprint density at radius 1 is 1.13 bits per heavy atom. The first-order valence-electron chi connectivity index (χ1n) is 13.9. The Morgan fingerprint density at radius 2 is 1.81 bits per heavy atom. The molecule has 0 unspecified atom stereocenters. The van der Waals surface area contributed by atoms with Gasteiger partial charge in [-0.1, -0.05) is 39.2 Å². The van der Waals surface area contributed by atoms with Gasteiger partial charge in [-0.3, -0.25) is 29.1 Å². The summed E-state index contributed by atoms with van der Waals surface area (Å²) in [5.74, 6) is -8.01. The second-order valence-electron chi connectivity index (χ2n) is 11.6. The molecule has 0 radical (unpaired) electrons. The first-order valence-corrected chi connectivity index (χ1v) is 16.9. The molecular weight excluding hydrogens is 824 g/mol. The van der Waals surface area contributed by atoms with Crippen molar-refractivity contribution in [1.29, 1.82) is 0 Å². The quantitative estimate of drug-likeness (QED) is 0.169. The van der Waals surface area contributed by atoms with E-state index in [0.717, 1.165) is 16.0 Å². The van der Waals surface area contributed by atoms with Crippen LogP contribution in [0.25, 0.3) is 0 Å². The molecule has 3 heterocycles. The normalized spacial score (nSPS) is 30.3. The number of pyridine rings is 1. The van der Waals surface area contributed by atoms with Gasteiger partial charge in [-0.25, -0.2) is 4.98 Å². The summed E-state index contributed by atoms with van der Waals surface area (Å²) >= 11 is 27.1. The van der Waals surface area contributed by atoms with E-state index in [-0.39, 0.29) is 39.3 Å². The molecule has 2 aliphatic heterocycles. The number of ether oxygens (including phenoxy) is 1. The lowest BCUT2D eigenvalue weighted by Gasteiger charge is -2.50. The highest BCUT2D eigenvalue weighted by atomic mass is 79.9. The number of fused-ring (bicyclic) bond motifs is 4. The zero-order chi connectivity index (χ0) is 34.5. The Bertz CT molecular complexity index is 1800. The van der Waals surface area contributed by atoms with Gasteiger partial charge in [0.15, 0.2) is 27.1 Å². The first kappa shape index (κ1) is 34.3. The molecule has 10 nitrogen and oxygen atoms in total. The minimum Gasteiger partial charge on any atom is -0.503 e. The third-order valence-corrected chi connectivity index (χ3v) is 12.1. The van der Waals surface area contributed by atoms with E-state index in [1.807, 2.05) is 0 Å². The Balaban J connectivity index is 1.49. The lowest BCUT2D eigenvalue weighted by Crippen LogP contribution is -2.60. The van der Waals surface area contributed by atoms with Gasteiger partial charge in [-0.15, -0.1) is 23.2 Å². The molecule has 250 valence electrons. The van der Waals surface area contributed by atoms with E-state index in [4.69, 9.17) is 39.5 Å². The standard InChI is InChI=1S/C29H22Br2Cl3F3N4O6/c1-39(22-16(32)5-6-18(38-22)29(35,36)37)41-23(43)13-4-3-12-14(19(13)24(41)44)9-27(33)25(45)40(10-30)26(46)28(27,34)20(12)11-7-15(31)21(42)17(8-11)47-2/h3,5-8,13-14,19-20,42H,4,9-10H2,1-2H3/t13-,14+,19-,20-,27+,28-/m0/s1. The van der Waals surface area contributed by atoms with Gasteiger partial charge in [0.05, 0.1) is 33.9 Å². The number of carbonyl (C=O) groups excluding carboxylic acids is 4. The summed E-state index contributed by atoms with van der Waals surface area (Å²) in [6, 6.07) is 4.58. The number of carbonyl (C=O) groups is 4. The van der Waals surface area contributed by atoms with Gasteiger partial charge >= 0.3 is 6.18 Å². The maximum absolute atomic E-state index is 14.2. The molecule has 0 bridgehead atoms. The van der Waals surface area contributed by atoms with Gasteiger partial charge in [0.2, 0.25) is 0 Å². The number of nitrogens with zero attached hydrogens (tertiary/aromatic N) is 4. The molecule has 2 saturated heterocycles. The zero-order valence-electron chi connectivity index (χ0n) is 24.1. The molecular formula is C29H22Br2Cl3F3N4O6. The molecule has 18 heteroatoms. The SMILES string of the molecule is COc1cc([C@H]2C3=CC[C@@H]4C(=O)N(N(C)c5nc(C(F)(F)F)ccc5Cl)C(=O)[C@@H]4[C@@H]3C[C@@]3(Cl)C(=O)N(CBr)C(=O)[C@@]23Cl)cc(Br)c1O. The molecule has 4 aliphatic rings. The number of hydrazine groups is 1. The predicted octanol–water partition coefficient (Wildman–Crippen LogP) is 5.99. The molecule has 1 aromatic heterocycles. The average Bonchev–Trinajstić information content (AvgIpc) is 3.35. The number of methoxy groups -OCH3 is 1. The van der Waals surface area contributed by atoms with Gasteiger partial charge in [-0.2, -0.15) is 18.2 Å². The maximum Gasteiger partial charge on any atom is 0.433 e. The molecule has 2 aliphatic carbocycles. The summed E-state index contributed by atoms with van der Waals surface area (Å²) in [4.78, 5) is 56.1. The summed E-state index contributed by atoms with van der Waals surface area (Å²) in [5.41, 5.74) is -0.725. The van der Waals surface area contributed by atoms with Crippen LogP contribution in [0.4, 0.5) is 19.0 Å². The molecule has 6 rings (SSSR count). The highest BCUT2D eigenvalue weighted by Crippen LogP contribution is 2.66. The summed E-state index contributed by atoms with van der Waals surface area (Å²) in [6.45, 7) is 0. The number of allylic oxidation sites excluding steroid dienone is 2. The van der Waals surface area contributed by atoms with Gasteiger partial charge < -0.3 is 9.84 Å². The largest absolute Gasteiger partial charge is 0.503 e. The number of benzene rings is 1. The van der Waals surface area contributed by atoms with Gasteiger partial charge in [0.1, 0.15) is 5.69 Å². The maximum atomic E-state index is 14.2. The highest BCUT2D eigenvalue weighted by molar-refractivity contribution is 9.10. The summed E-state index contributed by atoms with van der Waals surface area (Å²) < 4.78 is 46.0. The van der Waals surface area contributed by atoms with Crippen molar-refractivity contribution in [3.05, 3.63) is 56.7 Å². The van der Waals surface area contributed by atoms with E-state index in [1.54, 1.807) is 6.08 Å². The van der Waals surface area contributed by atoms with E-state index in [2.05, 4.69) is 36.8 Å². The smallest absolute Gasteiger partial charge is 0.433 e. The van der Waals surface area contributed by atoms with Crippen LogP contribution in [-0.2, 0) is 25.4 Å². The number of aromatic nitrogens is 1. The number of phenolic OH excluding ortho intramolecular Hbond substituents is 1. The highest BCUT2D eigenvalue weighted by Gasteiger charge is 2.76. The van der Waals surface area contributed by atoms with Gasteiger partial charge in [-0.05, 0) is 64.5 Å². The van der Waals surface area contributed by atoms with Crippen molar-refractivity contribution < 1.29 is 42.2 Å². The Morgan fingerprint density at radius 3 is 2.43 bits per heavy atom. The second-order valence-corrected chi connectivity index (χ2v) is 14.6. The molecule has 6 atom stereocenters. The number of amides is 4. The molecule has 0 spiro atoms. The van der Waals surface area contributed by atoms with Crippen molar-refractivity contribution >= 4 is 96.1 Å². The van der Waals surface area contributed by atoms with E-state index < -0.39 is 74.7 Å². The van der Waals surface area contributed by atoms with Crippen molar-refractivity contribution in [1.82, 2.24) is 14.9 Å². The number of likely N-dealkylation sites (tertiary alicyclic amines) is 1. The van der Waals surface area contributed by atoms with Crippen LogP contribution in [0.5, 0.6) is 11.5 Å². The zero-order valence-corrected chi connectivity index (χ0v) is 29.6. The molecule has 1 saturated carbocycles. The number of phenols is 1. The lowest BCUT2D eigenvalue weighted by atomic mass is 9.56. The molecule has 47 heavy (non-hydrogen) atoms. The molecule has 1 aromatic carbocycles. The number of aromatic hydroxyl groups is 1. The van der Waals surface area contributed by atoms with E-state index >= 15 is 0 Å². The Hall–Kier alpha value is -2.59. The number of hydrogen-bond acceptors (Lipinski definition) is 8. The van der Waals surface area contributed by atoms with Crippen molar-refractivity contribution in [2.45, 2.75) is 34.7 Å². The Labute approximate surface area is 297 Å². The number of hydrogen-bond donors (Lipinski definition) is 1. The lowest BCUT2D eigenvalue weighted by molar-refractivity contribution is -0.142. The second kappa shape index (κ2) is 11.5. The van der Waals surface area contributed by atoms with Crippen LogP contribution in [0.1, 0.15) is 30.0 Å². The van der Waals surface area contributed by atoms with E-state index in [9.17, 15) is 37.5 Å². The van der Waals surface area contributed by atoms with Crippen LogP contribution in [0.2, 0.25) is 5.02 Å². The monoisotopic (exact) mass is 842 g/mol. The number of halogens is 8. The third-order valence-electron chi connectivity index (χ3n) is 9.32. The fourth-order valence-electron chi connectivity index (χ4n) is 7.23. The Kier molecular flexibility index (Phi) is 8.38.